The van der Waals surface area contributed by atoms with Gasteiger partial charge in [-0.3, -0.25) is 14.4 Å². The number of aryl methyl sites for hydroxylation is 1. The minimum absolute atomic E-state index is 0.0147. The summed E-state index contributed by atoms with van der Waals surface area (Å²) in [4.78, 5) is 34.5. The van der Waals surface area contributed by atoms with Crippen molar-refractivity contribution in [3.63, 3.8) is 0 Å². The van der Waals surface area contributed by atoms with E-state index in [0.29, 0.717) is 25.7 Å². The molecule has 1 aromatic rings. The van der Waals surface area contributed by atoms with Crippen molar-refractivity contribution in [3.05, 3.63) is 29.3 Å². The summed E-state index contributed by atoms with van der Waals surface area (Å²) >= 11 is 0. The normalized spacial score (nSPS) is 14.1. The fraction of sp³-hybridized carbons (Fsp3) is 0.526. The fourth-order valence-corrected chi connectivity index (χ4v) is 3.06. The molecule has 0 saturated carbocycles. The number of nitrogens with one attached hydrogen (secondary N) is 2. The molecule has 0 bridgehead atoms. The number of hydrogen-bond acceptors (Lipinski definition) is 3. The SMILES string of the molecule is CC(C)CC(CNC(=O)CCCc1ccc2c(c1)CC(=O)N2)C(=O)O. The van der Waals surface area contributed by atoms with Crippen LogP contribution in [0.4, 0.5) is 5.69 Å². The molecule has 0 aliphatic carbocycles. The van der Waals surface area contributed by atoms with Gasteiger partial charge in [0.05, 0.1) is 12.3 Å². The van der Waals surface area contributed by atoms with Gasteiger partial charge in [0.1, 0.15) is 0 Å². The zero-order chi connectivity index (χ0) is 18.4. The highest BCUT2D eigenvalue weighted by Crippen LogP contribution is 2.24. The van der Waals surface area contributed by atoms with Crippen molar-refractivity contribution in [3.8, 4) is 0 Å². The van der Waals surface area contributed by atoms with Gasteiger partial charge >= 0.3 is 5.97 Å². The molecule has 25 heavy (non-hydrogen) atoms. The first-order valence-corrected chi connectivity index (χ1v) is 8.76. The van der Waals surface area contributed by atoms with Gasteiger partial charge < -0.3 is 15.7 Å². The maximum Gasteiger partial charge on any atom is 0.308 e. The van der Waals surface area contributed by atoms with Crippen molar-refractivity contribution >= 4 is 23.5 Å². The van der Waals surface area contributed by atoms with Crippen molar-refractivity contribution in [2.45, 2.75) is 46.0 Å². The van der Waals surface area contributed by atoms with Gasteiger partial charge in [-0.15, -0.1) is 0 Å². The number of carboxylic acid groups (broad SMARTS) is 1. The first-order valence-electron chi connectivity index (χ1n) is 8.76. The molecule has 136 valence electrons. The number of anilines is 1. The summed E-state index contributed by atoms with van der Waals surface area (Å²) in [5.74, 6) is -1.23. The number of carbonyl (C=O) groups excluding carboxylic acids is 2. The van der Waals surface area contributed by atoms with Crippen LogP contribution in [-0.4, -0.2) is 29.4 Å². The topological polar surface area (TPSA) is 95.5 Å². The summed E-state index contributed by atoms with van der Waals surface area (Å²) < 4.78 is 0. The quantitative estimate of drug-likeness (QED) is 0.640. The largest absolute Gasteiger partial charge is 0.481 e. The molecule has 0 radical (unpaired) electrons. The zero-order valence-corrected chi connectivity index (χ0v) is 14.8. The van der Waals surface area contributed by atoms with Crippen molar-refractivity contribution in [1.82, 2.24) is 5.32 Å². The molecule has 6 nitrogen and oxygen atoms in total. The van der Waals surface area contributed by atoms with Gasteiger partial charge in [0.15, 0.2) is 0 Å². The molecule has 1 aliphatic rings. The van der Waals surface area contributed by atoms with E-state index in [1.807, 2.05) is 32.0 Å². The molecule has 0 spiro atoms. The molecule has 2 amide bonds. The maximum atomic E-state index is 11.9. The first-order chi connectivity index (χ1) is 11.8. The second kappa shape index (κ2) is 8.65. The Balaban J connectivity index is 1.73. The van der Waals surface area contributed by atoms with Crippen LogP contribution in [0.2, 0.25) is 0 Å². The lowest BCUT2D eigenvalue weighted by Gasteiger charge is -2.15. The van der Waals surface area contributed by atoms with E-state index in [2.05, 4.69) is 10.6 Å². The van der Waals surface area contributed by atoms with Crippen molar-refractivity contribution in [1.29, 1.82) is 0 Å². The Morgan fingerprint density at radius 3 is 2.76 bits per heavy atom. The van der Waals surface area contributed by atoms with E-state index in [1.165, 1.54) is 0 Å². The molecule has 1 aromatic carbocycles. The highest BCUT2D eigenvalue weighted by molar-refractivity contribution is 5.99. The molecule has 0 saturated heterocycles. The third-order valence-electron chi connectivity index (χ3n) is 4.31. The second-order valence-electron chi connectivity index (χ2n) is 7.04. The summed E-state index contributed by atoms with van der Waals surface area (Å²) in [5.41, 5.74) is 2.98. The van der Waals surface area contributed by atoms with Gasteiger partial charge in [-0.05, 0) is 42.4 Å². The lowest BCUT2D eigenvalue weighted by molar-refractivity contribution is -0.142. The Morgan fingerprint density at radius 2 is 2.08 bits per heavy atom. The van der Waals surface area contributed by atoms with Gasteiger partial charge in [0.2, 0.25) is 11.8 Å². The van der Waals surface area contributed by atoms with Crippen LogP contribution in [0.25, 0.3) is 0 Å². The zero-order valence-electron chi connectivity index (χ0n) is 14.8. The van der Waals surface area contributed by atoms with Crippen LogP contribution in [0.3, 0.4) is 0 Å². The number of aliphatic carboxylic acids is 1. The molecule has 1 unspecified atom stereocenters. The lowest BCUT2D eigenvalue weighted by atomic mass is 9.97. The third-order valence-corrected chi connectivity index (χ3v) is 4.31. The Hall–Kier alpha value is -2.37. The van der Waals surface area contributed by atoms with E-state index in [9.17, 15) is 19.5 Å². The van der Waals surface area contributed by atoms with E-state index in [4.69, 9.17) is 0 Å². The van der Waals surface area contributed by atoms with Gasteiger partial charge in [0.25, 0.3) is 0 Å². The molecular formula is C19H26N2O4. The van der Waals surface area contributed by atoms with Crippen molar-refractivity contribution < 1.29 is 19.5 Å². The number of hydrogen-bond donors (Lipinski definition) is 3. The van der Waals surface area contributed by atoms with E-state index >= 15 is 0 Å². The standard InChI is InChI=1S/C19H26N2O4/c1-12(2)8-15(19(24)25)11-20-17(22)5-3-4-13-6-7-16-14(9-13)10-18(23)21-16/h6-7,9,12,15H,3-5,8,10-11H2,1-2H3,(H,20,22)(H,21,23)(H,24,25). The fourth-order valence-electron chi connectivity index (χ4n) is 3.06. The molecule has 3 N–H and O–H groups in total. The van der Waals surface area contributed by atoms with Crippen LogP contribution in [-0.2, 0) is 27.2 Å². The summed E-state index contributed by atoms with van der Waals surface area (Å²) in [6, 6.07) is 5.87. The Morgan fingerprint density at radius 1 is 1.32 bits per heavy atom. The average molecular weight is 346 g/mol. The lowest BCUT2D eigenvalue weighted by Crippen LogP contribution is -2.33. The molecule has 6 heteroatoms. The number of carboxylic acids is 1. The van der Waals surface area contributed by atoms with Crippen LogP contribution < -0.4 is 10.6 Å². The van der Waals surface area contributed by atoms with Gasteiger partial charge in [-0.2, -0.15) is 0 Å². The number of rotatable bonds is 9. The number of amides is 2. The maximum absolute atomic E-state index is 11.9. The minimum Gasteiger partial charge on any atom is -0.481 e. The summed E-state index contributed by atoms with van der Waals surface area (Å²) in [6.45, 7) is 4.12. The highest BCUT2D eigenvalue weighted by atomic mass is 16.4. The first kappa shape index (κ1) is 19.0. The van der Waals surface area contributed by atoms with Gasteiger partial charge in [-0.25, -0.2) is 0 Å². The second-order valence-corrected chi connectivity index (χ2v) is 7.04. The molecule has 1 atom stereocenters. The van der Waals surface area contributed by atoms with Crippen LogP contribution in [0.5, 0.6) is 0 Å². The van der Waals surface area contributed by atoms with Gasteiger partial charge in [0, 0.05) is 18.7 Å². The Kier molecular flexibility index (Phi) is 6.56. The Bertz CT molecular complexity index is 655. The van der Waals surface area contributed by atoms with E-state index in [-0.39, 0.29) is 24.3 Å². The predicted octanol–water partition coefficient (Wildman–Crippen LogP) is 2.37. The van der Waals surface area contributed by atoms with Crippen LogP contribution in [0.15, 0.2) is 18.2 Å². The van der Waals surface area contributed by atoms with Crippen LogP contribution >= 0.6 is 0 Å². The summed E-state index contributed by atoms with van der Waals surface area (Å²) in [5, 5.41) is 14.7. The minimum atomic E-state index is -0.865. The third kappa shape index (κ3) is 5.89. The van der Waals surface area contributed by atoms with Crippen molar-refractivity contribution in [2.75, 3.05) is 11.9 Å². The average Bonchev–Trinajstić information content (AvgIpc) is 2.90. The molecule has 0 aromatic heterocycles. The molecular weight excluding hydrogens is 320 g/mol. The molecule has 1 aliphatic heterocycles. The Labute approximate surface area is 148 Å². The summed E-state index contributed by atoms with van der Waals surface area (Å²) in [7, 11) is 0. The van der Waals surface area contributed by atoms with Crippen LogP contribution in [0.1, 0.15) is 44.2 Å². The van der Waals surface area contributed by atoms with Crippen LogP contribution in [0, 0.1) is 11.8 Å². The van der Waals surface area contributed by atoms with Gasteiger partial charge in [-0.1, -0.05) is 26.0 Å². The van der Waals surface area contributed by atoms with E-state index in [0.717, 1.165) is 23.2 Å². The smallest absolute Gasteiger partial charge is 0.308 e. The summed E-state index contributed by atoms with van der Waals surface area (Å²) in [6.07, 6.45) is 2.77. The number of fused-ring (bicyclic) bond motifs is 1. The number of carbonyl (C=O) groups is 3. The van der Waals surface area contributed by atoms with E-state index in [1.54, 1.807) is 0 Å². The molecule has 1 heterocycles. The monoisotopic (exact) mass is 346 g/mol. The molecule has 0 fully saturated rings. The highest BCUT2D eigenvalue weighted by Gasteiger charge is 2.20. The van der Waals surface area contributed by atoms with Crippen molar-refractivity contribution in [2.24, 2.45) is 11.8 Å². The molecule has 2 rings (SSSR count). The predicted molar refractivity (Wildman–Crippen MR) is 95.3 cm³/mol. The van der Waals surface area contributed by atoms with E-state index < -0.39 is 11.9 Å². The number of benzene rings is 1.